The third-order valence-corrected chi connectivity index (χ3v) is 44.5. The third-order valence-electron chi connectivity index (χ3n) is 6.66. The molecule has 4 atom stereocenters. The lowest BCUT2D eigenvalue weighted by molar-refractivity contribution is 0.123. The third kappa shape index (κ3) is 10.3. The monoisotopic (exact) mass is 712 g/mol. The Morgan fingerprint density at radius 3 is 0.846 bits per heavy atom. The van der Waals surface area contributed by atoms with Crippen LogP contribution in [0, 0.1) is 0 Å². The Labute approximate surface area is 245 Å². The molecule has 0 aromatic heterocycles. The van der Waals surface area contributed by atoms with Crippen molar-refractivity contribution in [1.82, 2.24) is 0 Å². The van der Waals surface area contributed by atoms with Gasteiger partial charge in [0.2, 0.25) is 0 Å². The first kappa shape index (κ1) is 36.7. The highest BCUT2D eigenvalue weighted by Crippen LogP contribution is 2.38. The molecule has 2 fully saturated rings. The fourth-order valence-electron chi connectivity index (χ4n) is 4.91. The maximum atomic E-state index is 11.0. The highest BCUT2D eigenvalue weighted by Gasteiger charge is 2.62. The summed E-state index contributed by atoms with van der Waals surface area (Å²) in [6, 6.07) is 2.33. The summed E-state index contributed by atoms with van der Waals surface area (Å²) in [5, 5.41) is 0. The molecule has 12 nitrogen and oxygen atoms in total. The van der Waals surface area contributed by atoms with E-state index in [2.05, 4.69) is 0 Å². The van der Waals surface area contributed by atoms with Crippen LogP contribution in [0.4, 0.5) is 0 Å². The summed E-state index contributed by atoms with van der Waals surface area (Å²) in [7, 11) is -28.5. The summed E-state index contributed by atoms with van der Waals surface area (Å²) in [4.78, 5) is 22.0. The number of hydrogen-bond donors (Lipinski definition) is 2. The van der Waals surface area contributed by atoms with Gasteiger partial charge in [-0.15, -0.1) is 0 Å². The van der Waals surface area contributed by atoms with Crippen LogP contribution >= 0.6 is 0 Å². The molecule has 2 N–H and O–H groups in total. The van der Waals surface area contributed by atoms with Crippen LogP contribution in [0.25, 0.3) is 0 Å². The van der Waals surface area contributed by atoms with E-state index >= 15 is 0 Å². The lowest BCUT2D eigenvalue weighted by Crippen LogP contribution is -2.72. The van der Waals surface area contributed by atoms with E-state index in [9.17, 15) is 9.59 Å². The van der Waals surface area contributed by atoms with Crippen molar-refractivity contribution in [2.24, 2.45) is 0 Å². The van der Waals surface area contributed by atoms with Gasteiger partial charge in [0.25, 0.3) is 0 Å². The zero-order valence-electron chi connectivity index (χ0n) is 26.3. The van der Waals surface area contributed by atoms with Crippen molar-refractivity contribution in [3.8, 4) is 0 Å². The first-order chi connectivity index (χ1) is 17.3. The lowest BCUT2D eigenvalue weighted by Gasteiger charge is -2.50. The molecule has 0 aliphatic carbocycles. The molecule has 0 amide bonds. The van der Waals surface area contributed by atoms with Crippen molar-refractivity contribution in [2.75, 3.05) is 0 Å². The Morgan fingerprint density at radius 2 is 0.667 bits per heavy atom. The van der Waals surface area contributed by atoms with Gasteiger partial charge in [-0.3, -0.25) is 0 Å². The maximum Gasteiger partial charge on any atom is 0.477 e. The minimum absolute atomic E-state index is 0.583. The summed E-state index contributed by atoms with van der Waals surface area (Å²) in [5.41, 5.74) is 0. The van der Waals surface area contributed by atoms with Gasteiger partial charge >= 0.3 is 78.0 Å². The Morgan fingerprint density at radius 1 is 0.462 bits per heavy atom. The van der Waals surface area contributed by atoms with Gasteiger partial charge < -0.3 is 50.7 Å². The first-order valence-corrected chi connectivity index (χ1v) is 35.7. The molecule has 0 aromatic rings. The molecule has 2 saturated heterocycles. The van der Waals surface area contributed by atoms with E-state index < -0.39 is 78.0 Å². The molecule has 2 rings (SSSR count). The fourth-order valence-corrected chi connectivity index (χ4v) is 49.1. The van der Waals surface area contributed by atoms with Crippen LogP contribution in [0.1, 0.15) is 27.7 Å². The van der Waals surface area contributed by atoms with Gasteiger partial charge in [-0.05, 0) is 63.5 Å². The van der Waals surface area contributed by atoms with Crippen LogP contribution in [-0.2, 0) is 41.2 Å². The van der Waals surface area contributed by atoms with Crippen LogP contribution in [0.3, 0.4) is 0 Å². The summed E-state index contributed by atoms with van der Waals surface area (Å²) in [5.74, 6) is 0. The van der Waals surface area contributed by atoms with Crippen molar-refractivity contribution in [1.29, 1.82) is 0 Å². The van der Waals surface area contributed by atoms with Crippen LogP contribution in [-0.4, -0.2) is 87.6 Å². The summed E-state index contributed by atoms with van der Waals surface area (Å²) in [6.45, 7) is 26.3. The Kier molecular flexibility index (Phi) is 11.4. The standard InChI is InChI=1S/C18H52O12Si9/c1-15-32(7)23-36(11,19)24-33(8,16-2)28-38(13,27-32)21-31(5,6)22-39(14)29-34(9,17-3)25-37(12,20)26-35(10,18-4)30-39/h19-20H,15-18H2,1-14H3. The van der Waals surface area contributed by atoms with E-state index in [1.807, 2.05) is 80.1 Å². The predicted octanol–water partition coefficient (Wildman–Crippen LogP) is 4.51. The molecule has 2 aliphatic rings. The minimum atomic E-state index is -3.47. The smallest absolute Gasteiger partial charge is 0.395 e. The van der Waals surface area contributed by atoms with Crippen LogP contribution in [0.5, 0.6) is 0 Å². The van der Waals surface area contributed by atoms with E-state index in [1.165, 1.54) is 0 Å². The van der Waals surface area contributed by atoms with Gasteiger partial charge in [0.15, 0.2) is 0 Å². The lowest BCUT2D eigenvalue weighted by atomic mass is 11.0. The second-order valence-corrected chi connectivity index (χ2v) is 41.8. The fraction of sp³-hybridized carbons (Fsp3) is 1.00. The van der Waals surface area contributed by atoms with E-state index in [-0.39, 0.29) is 0 Å². The average Bonchev–Trinajstić information content (AvgIpc) is 2.68. The van der Waals surface area contributed by atoms with Gasteiger partial charge in [0.1, 0.15) is 0 Å². The summed E-state index contributed by atoms with van der Waals surface area (Å²) in [6.07, 6.45) is 0. The molecule has 0 radical (unpaired) electrons. The molecule has 0 aromatic carbocycles. The molecule has 232 valence electrons. The van der Waals surface area contributed by atoms with Gasteiger partial charge in [0.05, 0.1) is 0 Å². The van der Waals surface area contributed by atoms with E-state index in [0.29, 0.717) is 24.2 Å². The highest BCUT2D eigenvalue weighted by molar-refractivity contribution is 6.95. The van der Waals surface area contributed by atoms with Gasteiger partial charge in [-0.25, -0.2) is 0 Å². The topological polar surface area (TPSA) is 133 Å². The second kappa shape index (κ2) is 12.1. The van der Waals surface area contributed by atoms with Crippen molar-refractivity contribution < 1.29 is 50.7 Å². The van der Waals surface area contributed by atoms with Crippen molar-refractivity contribution >= 4 is 78.0 Å². The zero-order valence-corrected chi connectivity index (χ0v) is 35.3. The molecule has 2 heterocycles. The van der Waals surface area contributed by atoms with Crippen molar-refractivity contribution in [3.63, 3.8) is 0 Å². The van der Waals surface area contributed by atoms with E-state index in [4.69, 9.17) is 41.2 Å². The highest BCUT2D eigenvalue weighted by atomic mass is 28.6. The van der Waals surface area contributed by atoms with Crippen LogP contribution < -0.4 is 0 Å². The Bertz CT molecular complexity index is 757. The van der Waals surface area contributed by atoms with Gasteiger partial charge in [-0.2, -0.15) is 0 Å². The summed E-state index contributed by atoms with van der Waals surface area (Å²) >= 11 is 0. The maximum absolute atomic E-state index is 11.0. The van der Waals surface area contributed by atoms with Crippen LogP contribution in [0.15, 0.2) is 0 Å². The molecule has 0 bridgehead atoms. The molecule has 0 saturated carbocycles. The van der Waals surface area contributed by atoms with Gasteiger partial charge in [0, 0.05) is 26.2 Å². The summed E-state index contributed by atoms with van der Waals surface area (Å²) < 4.78 is 65.1. The van der Waals surface area contributed by atoms with Crippen molar-refractivity contribution in [3.05, 3.63) is 0 Å². The zero-order chi connectivity index (χ0) is 30.4. The molecule has 2 aliphatic heterocycles. The first-order valence-electron chi connectivity index (χ1n) is 13.8. The molecule has 39 heavy (non-hydrogen) atoms. The second-order valence-electron chi connectivity index (χ2n) is 11.9. The molecule has 0 spiro atoms. The van der Waals surface area contributed by atoms with Crippen LogP contribution in [0.2, 0.25) is 89.6 Å². The average molecular weight is 713 g/mol. The predicted molar refractivity (Wildman–Crippen MR) is 168 cm³/mol. The quantitative estimate of drug-likeness (QED) is 0.343. The molecule has 4 unspecified atom stereocenters. The molecular formula is C18H52O12Si9. The Hall–Kier alpha value is 1.47. The Balaban J connectivity index is 2.45. The largest absolute Gasteiger partial charge is 0.477 e. The van der Waals surface area contributed by atoms with E-state index in [1.54, 1.807) is 13.1 Å². The van der Waals surface area contributed by atoms with Crippen molar-refractivity contribution in [2.45, 2.75) is 117 Å². The number of hydrogen-bond acceptors (Lipinski definition) is 12. The van der Waals surface area contributed by atoms with Gasteiger partial charge in [-0.1, -0.05) is 27.7 Å². The minimum Gasteiger partial charge on any atom is -0.395 e. The number of rotatable bonds is 8. The normalized spacial score (nSPS) is 48.6. The van der Waals surface area contributed by atoms with E-state index in [0.717, 1.165) is 0 Å². The molecule has 21 heteroatoms. The molecular weight excluding hydrogens is 661 g/mol. The SMILES string of the molecule is CC[Si]1(C)O[Si](C)(O)O[Si](C)(CC)O[Si](C)(O[Si](C)(C)O[Si]2(C)O[Si](C)(CC)O[Si](C)(O)O[Si](C)(CC)O2)O1.